The highest BCUT2D eigenvalue weighted by Crippen LogP contribution is 2.07. The standard InChI is InChI=1S/C8H16NOS/c1-3-5-7-9(6-4-2)11-8-10/h3-7H2,1-2H3. The van der Waals surface area contributed by atoms with E-state index in [2.05, 4.69) is 18.2 Å². The Balaban J connectivity index is 3.41. The Morgan fingerprint density at radius 1 is 1.27 bits per heavy atom. The summed E-state index contributed by atoms with van der Waals surface area (Å²) in [6, 6.07) is 0. The Morgan fingerprint density at radius 2 is 2.00 bits per heavy atom. The largest absolute Gasteiger partial charge is 0.282 e. The molecule has 0 atom stereocenters. The van der Waals surface area contributed by atoms with Crippen LogP contribution < -0.4 is 0 Å². The van der Waals surface area contributed by atoms with Crippen molar-refractivity contribution in [2.75, 3.05) is 13.1 Å². The number of carbonyl (C=O) groups excluding carboxylic acids is 1. The topological polar surface area (TPSA) is 20.3 Å². The van der Waals surface area contributed by atoms with Gasteiger partial charge < -0.3 is 0 Å². The molecule has 0 N–H and O–H groups in total. The molecule has 0 aromatic heterocycles. The Bertz CT molecular complexity index is 98.1. The van der Waals surface area contributed by atoms with Crippen molar-refractivity contribution in [1.82, 2.24) is 4.31 Å². The van der Waals surface area contributed by atoms with Crippen LogP contribution in [0.5, 0.6) is 0 Å². The second kappa shape index (κ2) is 8.08. The number of unbranched alkanes of at least 4 members (excludes halogenated alkanes) is 1. The van der Waals surface area contributed by atoms with Gasteiger partial charge in [0.2, 0.25) is 0 Å². The summed E-state index contributed by atoms with van der Waals surface area (Å²) >= 11 is 1.17. The van der Waals surface area contributed by atoms with Gasteiger partial charge in [0.15, 0.2) is 0 Å². The monoisotopic (exact) mass is 174 g/mol. The maximum absolute atomic E-state index is 10.0. The predicted molar refractivity (Wildman–Crippen MR) is 50.1 cm³/mol. The lowest BCUT2D eigenvalue weighted by Gasteiger charge is -2.15. The normalized spacial score (nSPS) is 10.5. The molecule has 0 aliphatic heterocycles. The smallest absolute Gasteiger partial charge is 0.276 e. The van der Waals surface area contributed by atoms with Crippen LogP contribution in [0.3, 0.4) is 0 Å². The summed E-state index contributed by atoms with van der Waals surface area (Å²) in [6.07, 6.45) is 3.44. The molecule has 11 heavy (non-hydrogen) atoms. The van der Waals surface area contributed by atoms with E-state index in [1.807, 2.05) is 5.62 Å². The Labute approximate surface area is 73.5 Å². The van der Waals surface area contributed by atoms with Gasteiger partial charge >= 0.3 is 0 Å². The zero-order chi connectivity index (χ0) is 8.53. The molecule has 0 heterocycles. The van der Waals surface area contributed by atoms with Gasteiger partial charge in [0.1, 0.15) is 0 Å². The van der Waals surface area contributed by atoms with Crippen molar-refractivity contribution in [3.05, 3.63) is 0 Å². The first-order valence-corrected chi connectivity index (χ1v) is 4.91. The molecular weight excluding hydrogens is 158 g/mol. The number of hydrogen-bond acceptors (Lipinski definition) is 3. The predicted octanol–water partition coefficient (Wildman–Crippen LogP) is 2.21. The van der Waals surface area contributed by atoms with Crippen LogP contribution in [0, 0.1) is 0 Å². The third kappa shape index (κ3) is 6.38. The maximum atomic E-state index is 10.0. The molecule has 0 aromatic rings. The molecule has 0 rings (SSSR count). The van der Waals surface area contributed by atoms with Crippen LogP contribution >= 0.6 is 11.9 Å². The minimum atomic E-state index is 0.986. The van der Waals surface area contributed by atoms with Gasteiger partial charge in [-0.05, 0) is 12.8 Å². The fourth-order valence-electron chi connectivity index (χ4n) is 0.840. The third-order valence-corrected chi connectivity index (χ3v) is 2.10. The van der Waals surface area contributed by atoms with Gasteiger partial charge in [-0.2, -0.15) is 0 Å². The van der Waals surface area contributed by atoms with Crippen molar-refractivity contribution in [1.29, 1.82) is 0 Å². The summed E-state index contributed by atoms with van der Waals surface area (Å²) in [5.74, 6) is 0. The Morgan fingerprint density at radius 3 is 2.45 bits per heavy atom. The summed E-state index contributed by atoms with van der Waals surface area (Å²) in [5, 5.41) is 0. The van der Waals surface area contributed by atoms with Crippen LogP contribution in [0.4, 0.5) is 0 Å². The average Bonchev–Trinajstić information content (AvgIpc) is 2.01. The molecule has 0 aliphatic carbocycles. The van der Waals surface area contributed by atoms with E-state index in [0.29, 0.717) is 0 Å². The molecule has 0 fully saturated rings. The minimum Gasteiger partial charge on any atom is -0.276 e. The second-order valence-corrected chi connectivity index (χ2v) is 3.32. The van der Waals surface area contributed by atoms with E-state index in [-0.39, 0.29) is 0 Å². The average molecular weight is 174 g/mol. The van der Waals surface area contributed by atoms with Gasteiger partial charge in [0, 0.05) is 25.0 Å². The number of nitrogens with zero attached hydrogens (tertiary/aromatic N) is 1. The van der Waals surface area contributed by atoms with Gasteiger partial charge in [0.25, 0.3) is 5.62 Å². The van der Waals surface area contributed by atoms with Crippen molar-refractivity contribution in [3.63, 3.8) is 0 Å². The first kappa shape index (κ1) is 11.0. The van der Waals surface area contributed by atoms with E-state index >= 15 is 0 Å². The van der Waals surface area contributed by atoms with Crippen molar-refractivity contribution < 1.29 is 4.79 Å². The quantitative estimate of drug-likeness (QED) is 0.552. The highest BCUT2D eigenvalue weighted by Gasteiger charge is 2.01. The first-order chi connectivity index (χ1) is 5.35. The molecule has 0 saturated heterocycles. The van der Waals surface area contributed by atoms with Gasteiger partial charge in [-0.3, -0.25) is 4.79 Å². The lowest BCUT2D eigenvalue weighted by Crippen LogP contribution is -2.17. The van der Waals surface area contributed by atoms with Crippen molar-refractivity contribution in [3.8, 4) is 0 Å². The SMILES string of the molecule is CCCCN(CCC)S[C]=O. The van der Waals surface area contributed by atoms with Crippen LogP contribution in [0.1, 0.15) is 33.1 Å². The number of rotatable bonds is 7. The molecule has 0 aromatic carbocycles. The van der Waals surface area contributed by atoms with Gasteiger partial charge in [-0.1, -0.05) is 20.3 Å². The molecule has 2 nitrogen and oxygen atoms in total. The van der Waals surface area contributed by atoms with E-state index in [9.17, 15) is 4.79 Å². The molecule has 0 unspecified atom stereocenters. The molecular formula is C8H16NOS. The summed E-state index contributed by atoms with van der Waals surface area (Å²) < 4.78 is 2.07. The number of hydrogen-bond donors (Lipinski definition) is 0. The van der Waals surface area contributed by atoms with Crippen LogP contribution in [0.25, 0.3) is 0 Å². The molecule has 3 heteroatoms. The zero-order valence-corrected chi connectivity index (χ0v) is 8.12. The fourth-order valence-corrected chi connectivity index (χ4v) is 1.44. The maximum Gasteiger partial charge on any atom is 0.282 e. The van der Waals surface area contributed by atoms with Crippen LogP contribution in [-0.4, -0.2) is 23.0 Å². The second-order valence-electron chi connectivity index (χ2n) is 2.46. The van der Waals surface area contributed by atoms with E-state index in [0.717, 1.165) is 25.9 Å². The summed E-state index contributed by atoms with van der Waals surface area (Å²) in [6.45, 7) is 6.26. The van der Waals surface area contributed by atoms with E-state index < -0.39 is 0 Å². The Hall–Kier alpha value is -0.0200. The van der Waals surface area contributed by atoms with Crippen LogP contribution in [0.2, 0.25) is 0 Å². The molecule has 1 radical (unpaired) electrons. The molecule has 0 bridgehead atoms. The summed E-state index contributed by atoms with van der Waals surface area (Å²) in [7, 11) is 0. The highest BCUT2D eigenvalue weighted by atomic mass is 32.2. The zero-order valence-electron chi connectivity index (χ0n) is 7.30. The van der Waals surface area contributed by atoms with Gasteiger partial charge in [-0.25, -0.2) is 4.31 Å². The molecule has 65 valence electrons. The first-order valence-electron chi connectivity index (χ1n) is 4.14. The summed E-state index contributed by atoms with van der Waals surface area (Å²) in [4.78, 5) is 10.0. The lowest BCUT2D eigenvalue weighted by molar-refractivity contribution is 0.457. The molecule has 0 spiro atoms. The molecule has 0 amide bonds. The van der Waals surface area contributed by atoms with Crippen molar-refractivity contribution in [2.24, 2.45) is 0 Å². The highest BCUT2D eigenvalue weighted by molar-refractivity contribution is 8.09. The lowest BCUT2D eigenvalue weighted by atomic mass is 10.3. The molecule has 0 saturated carbocycles. The van der Waals surface area contributed by atoms with E-state index in [1.54, 1.807) is 0 Å². The van der Waals surface area contributed by atoms with Crippen molar-refractivity contribution >= 4 is 17.6 Å². The van der Waals surface area contributed by atoms with Crippen molar-refractivity contribution in [2.45, 2.75) is 33.1 Å². The minimum absolute atomic E-state index is 0.986. The van der Waals surface area contributed by atoms with Gasteiger partial charge in [-0.15, -0.1) is 0 Å². The van der Waals surface area contributed by atoms with Crippen LogP contribution in [0.15, 0.2) is 0 Å². The molecule has 0 aliphatic rings. The van der Waals surface area contributed by atoms with E-state index in [1.165, 1.54) is 18.4 Å². The van der Waals surface area contributed by atoms with E-state index in [4.69, 9.17) is 0 Å². The van der Waals surface area contributed by atoms with Gasteiger partial charge in [0.05, 0.1) is 0 Å². The fraction of sp³-hybridized carbons (Fsp3) is 0.875. The Kier molecular flexibility index (Phi) is 8.07. The third-order valence-electron chi connectivity index (χ3n) is 1.40. The summed E-state index contributed by atoms with van der Waals surface area (Å²) in [5.41, 5.74) is 1.85. The van der Waals surface area contributed by atoms with Crippen LogP contribution in [-0.2, 0) is 4.79 Å².